The molecule has 0 saturated heterocycles. The summed E-state index contributed by atoms with van der Waals surface area (Å²) in [6.07, 6.45) is 4.39. The molecule has 72 valence electrons. The van der Waals surface area contributed by atoms with Gasteiger partial charge in [0.05, 0.1) is 24.1 Å². The highest BCUT2D eigenvalue weighted by molar-refractivity contribution is 5.55. The van der Waals surface area contributed by atoms with Gasteiger partial charge in [-0.15, -0.1) is 0 Å². The number of hydrogen-bond acceptors (Lipinski definition) is 2. The van der Waals surface area contributed by atoms with Gasteiger partial charge in [-0.1, -0.05) is 0 Å². The van der Waals surface area contributed by atoms with Crippen LogP contribution in [-0.2, 0) is 11.3 Å². The van der Waals surface area contributed by atoms with E-state index in [1.54, 1.807) is 6.33 Å². The van der Waals surface area contributed by atoms with E-state index < -0.39 is 0 Å². The fourth-order valence-electron chi connectivity index (χ4n) is 1.42. The van der Waals surface area contributed by atoms with Crippen LogP contribution in [0.5, 0.6) is 0 Å². The molecule has 2 rings (SSSR count). The molecule has 0 spiro atoms. The van der Waals surface area contributed by atoms with Gasteiger partial charge in [-0.2, -0.15) is 0 Å². The van der Waals surface area contributed by atoms with E-state index in [0.29, 0.717) is 13.0 Å². The number of aryl methyl sites for hydroxylation is 1. The maximum atomic E-state index is 10.2. The van der Waals surface area contributed by atoms with E-state index in [1.165, 1.54) is 5.56 Å². The molecule has 1 N–H and O–H groups in total. The van der Waals surface area contributed by atoms with Crippen LogP contribution in [-0.4, -0.2) is 15.8 Å². The number of hydrogen-bond donors (Lipinski definition) is 1. The van der Waals surface area contributed by atoms with Gasteiger partial charge >= 0.3 is 0 Å². The van der Waals surface area contributed by atoms with Gasteiger partial charge in [-0.05, 0) is 24.6 Å². The van der Waals surface area contributed by atoms with Crippen molar-refractivity contribution < 1.29 is 4.79 Å². The molecule has 4 nitrogen and oxygen atoms in total. The zero-order valence-corrected chi connectivity index (χ0v) is 7.90. The summed E-state index contributed by atoms with van der Waals surface area (Å²) in [5, 5.41) is 2.61. The monoisotopic (exact) mass is 189 g/mol. The van der Waals surface area contributed by atoms with E-state index in [0.717, 1.165) is 11.2 Å². The number of aromatic nitrogens is 2. The lowest BCUT2D eigenvalue weighted by atomic mass is 10.2. The molecule has 0 aliphatic rings. The predicted octanol–water partition coefficient (Wildman–Crippen LogP) is 0.889. The van der Waals surface area contributed by atoms with Gasteiger partial charge in [0.15, 0.2) is 0 Å². The maximum Gasteiger partial charge on any atom is 0.207 e. The number of pyridine rings is 1. The minimum Gasteiger partial charge on any atom is -0.353 e. The Morgan fingerprint density at radius 2 is 2.50 bits per heavy atom. The number of carbonyl (C=O) groups excluding carboxylic acids is 1. The molecule has 0 radical (unpaired) electrons. The largest absolute Gasteiger partial charge is 0.353 e. The second-order valence-corrected chi connectivity index (χ2v) is 3.19. The molecule has 0 saturated carbocycles. The molecule has 0 aromatic carbocycles. The van der Waals surface area contributed by atoms with Crippen LogP contribution in [0.2, 0.25) is 0 Å². The number of carbonyl (C=O) groups is 1. The van der Waals surface area contributed by atoms with Crippen molar-refractivity contribution in [3.63, 3.8) is 0 Å². The third-order valence-corrected chi connectivity index (χ3v) is 2.13. The Morgan fingerprint density at radius 1 is 1.64 bits per heavy atom. The summed E-state index contributed by atoms with van der Waals surface area (Å²) >= 11 is 0. The second-order valence-electron chi connectivity index (χ2n) is 3.19. The highest BCUT2D eigenvalue weighted by atomic mass is 16.1. The zero-order chi connectivity index (χ0) is 9.97. The summed E-state index contributed by atoms with van der Waals surface area (Å²) in [5.74, 6) is 0. The van der Waals surface area contributed by atoms with Gasteiger partial charge in [-0.3, -0.25) is 4.79 Å². The SMILES string of the molecule is Cc1ccn2cnc(CNC=O)c2c1. The number of imidazole rings is 1. The highest BCUT2D eigenvalue weighted by Gasteiger charge is 2.02. The normalized spacial score (nSPS) is 10.4. The molecule has 2 aromatic heterocycles. The minimum atomic E-state index is 0.476. The summed E-state index contributed by atoms with van der Waals surface area (Å²) < 4.78 is 1.94. The van der Waals surface area contributed by atoms with Crippen molar-refractivity contribution in [1.29, 1.82) is 0 Å². The average molecular weight is 189 g/mol. The van der Waals surface area contributed by atoms with Gasteiger partial charge in [0.25, 0.3) is 0 Å². The number of nitrogens with one attached hydrogen (secondary N) is 1. The minimum absolute atomic E-state index is 0.476. The smallest absolute Gasteiger partial charge is 0.207 e. The predicted molar refractivity (Wildman–Crippen MR) is 52.8 cm³/mol. The van der Waals surface area contributed by atoms with Crippen LogP contribution < -0.4 is 5.32 Å². The van der Waals surface area contributed by atoms with Crippen LogP contribution in [0.15, 0.2) is 24.7 Å². The van der Waals surface area contributed by atoms with Gasteiger partial charge in [0.2, 0.25) is 6.41 Å². The summed E-state index contributed by atoms with van der Waals surface area (Å²) in [5.41, 5.74) is 3.12. The van der Waals surface area contributed by atoms with Gasteiger partial charge in [-0.25, -0.2) is 4.98 Å². The van der Waals surface area contributed by atoms with Crippen LogP contribution in [0.3, 0.4) is 0 Å². The van der Waals surface area contributed by atoms with E-state index in [1.807, 2.05) is 23.6 Å². The molecule has 0 fully saturated rings. The fraction of sp³-hybridized carbons (Fsp3) is 0.200. The Kier molecular flexibility index (Phi) is 2.18. The molecule has 14 heavy (non-hydrogen) atoms. The van der Waals surface area contributed by atoms with Crippen molar-refractivity contribution in [3.05, 3.63) is 35.9 Å². The fourth-order valence-corrected chi connectivity index (χ4v) is 1.42. The molecule has 1 amide bonds. The number of amides is 1. The van der Waals surface area contributed by atoms with Crippen molar-refractivity contribution in [2.45, 2.75) is 13.5 Å². The van der Waals surface area contributed by atoms with Crippen molar-refractivity contribution in [2.75, 3.05) is 0 Å². The Hall–Kier alpha value is -1.84. The third kappa shape index (κ3) is 1.46. The van der Waals surface area contributed by atoms with Crippen molar-refractivity contribution in [2.24, 2.45) is 0 Å². The lowest BCUT2D eigenvalue weighted by Crippen LogP contribution is -2.10. The van der Waals surface area contributed by atoms with Crippen LogP contribution in [0.4, 0.5) is 0 Å². The van der Waals surface area contributed by atoms with Crippen molar-refractivity contribution in [3.8, 4) is 0 Å². The van der Waals surface area contributed by atoms with Gasteiger partial charge in [0.1, 0.15) is 0 Å². The average Bonchev–Trinajstić information content (AvgIpc) is 2.57. The molecule has 4 heteroatoms. The topological polar surface area (TPSA) is 46.4 Å². The van der Waals surface area contributed by atoms with Crippen LogP contribution in [0.25, 0.3) is 5.52 Å². The highest BCUT2D eigenvalue weighted by Crippen LogP contribution is 2.10. The standard InChI is InChI=1S/C10H11N3O/c1-8-2-3-13-6-12-9(5-11-7-14)10(13)4-8/h2-4,6-7H,5H2,1H3,(H,11,14). The molecule has 2 heterocycles. The Morgan fingerprint density at radius 3 is 3.29 bits per heavy atom. The lowest BCUT2D eigenvalue weighted by molar-refractivity contribution is -0.109. The molecule has 0 aliphatic carbocycles. The lowest BCUT2D eigenvalue weighted by Gasteiger charge is -1.98. The molecule has 0 bridgehead atoms. The van der Waals surface area contributed by atoms with E-state index in [4.69, 9.17) is 0 Å². The van der Waals surface area contributed by atoms with Crippen LogP contribution >= 0.6 is 0 Å². The summed E-state index contributed by atoms with van der Waals surface area (Å²) in [4.78, 5) is 14.4. The molecule has 0 unspecified atom stereocenters. The molecular formula is C10H11N3O. The first kappa shape index (κ1) is 8.74. The van der Waals surface area contributed by atoms with Crippen molar-refractivity contribution >= 4 is 11.9 Å². The summed E-state index contributed by atoms with van der Waals surface area (Å²) in [7, 11) is 0. The van der Waals surface area contributed by atoms with Crippen LogP contribution in [0, 0.1) is 6.92 Å². The first-order valence-corrected chi connectivity index (χ1v) is 4.40. The number of rotatable bonds is 3. The van der Waals surface area contributed by atoms with E-state index >= 15 is 0 Å². The first-order valence-electron chi connectivity index (χ1n) is 4.40. The Bertz CT molecular complexity index is 461. The van der Waals surface area contributed by atoms with E-state index in [9.17, 15) is 4.79 Å². The second kappa shape index (κ2) is 3.49. The Balaban J connectivity index is 2.44. The first-order chi connectivity index (χ1) is 6.81. The maximum absolute atomic E-state index is 10.2. The van der Waals surface area contributed by atoms with Gasteiger partial charge < -0.3 is 9.72 Å². The molecule has 0 aliphatic heterocycles. The third-order valence-electron chi connectivity index (χ3n) is 2.13. The van der Waals surface area contributed by atoms with E-state index in [2.05, 4.69) is 16.4 Å². The quantitative estimate of drug-likeness (QED) is 0.729. The molecular weight excluding hydrogens is 178 g/mol. The number of fused-ring (bicyclic) bond motifs is 1. The number of nitrogens with zero attached hydrogens (tertiary/aromatic N) is 2. The van der Waals surface area contributed by atoms with E-state index in [-0.39, 0.29) is 0 Å². The summed E-state index contributed by atoms with van der Waals surface area (Å²) in [6.45, 7) is 2.51. The molecule has 0 atom stereocenters. The Labute approximate surface area is 81.6 Å². The molecule has 2 aromatic rings. The summed E-state index contributed by atoms with van der Waals surface area (Å²) in [6, 6.07) is 4.07. The van der Waals surface area contributed by atoms with Crippen molar-refractivity contribution in [1.82, 2.24) is 14.7 Å². The zero-order valence-electron chi connectivity index (χ0n) is 7.90. The van der Waals surface area contributed by atoms with Crippen LogP contribution in [0.1, 0.15) is 11.3 Å². The van der Waals surface area contributed by atoms with Gasteiger partial charge in [0, 0.05) is 6.20 Å².